The minimum Gasteiger partial charge on any atom is -0.484 e. The number of nitrogens with zero attached hydrogens (tertiary/aromatic N) is 3. The van der Waals surface area contributed by atoms with Gasteiger partial charge in [0, 0.05) is 25.4 Å². The summed E-state index contributed by atoms with van der Waals surface area (Å²) in [6, 6.07) is 5.78. The summed E-state index contributed by atoms with van der Waals surface area (Å²) in [6.07, 6.45) is 6.42. The van der Waals surface area contributed by atoms with Gasteiger partial charge < -0.3 is 14.2 Å². The SMILES string of the molecule is O=C(CC1CCCC1)N1CCC(c2noc(COc3ccc(F)cc3)n2)C1. The maximum Gasteiger partial charge on any atom is 0.264 e. The van der Waals surface area contributed by atoms with E-state index < -0.39 is 0 Å². The minimum atomic E-state index is -0.310. The third-order valence-electron chi connectivity index (χ3n) is 5.50. The number of amides is 1. The molecular formula is C20H24FN3O3. The van der Waals surface area contributed by atoms with Crippen molar-refractivity contribution in [2.75, 3.05) is 13.1 Å². The lowest BCUT2D eigenvalue weighted by Gasteiger charge is -2.18. The number of hydrogen-bond donors (Lipinski definition) is 0. The Morgan fingerprint density at radius 1 is 1.22 bits per heavy atom. The van der Waals surface area contributed by atoms with Crippen LogP contribution in [0, 0.1) is 11.7 Å². The van der Waals surface area contributed by atoms with Gasteiger partial charge in [0.15, 0.2) is 12.4 Å². The topological polar surface area (TPSA) is 68.5 Å². The van der Waals surface area contributed by atoms with E-state index in [1.165, 1.54) is 37.8 Å². The van der Waals surface area contributed by atoms with Gasteiger partial charge >= 0.3 is 0 Å². The number of rotatable bonds is 6. The summed E-state index contributed by atoms with van der Waals surface area (Å²) in [7, 11) is 0. The number of aromatic nitrogens is 2. The van der Waals surface area contributed by atoms with Crippen molar-refractivity contribution in [2.45, 2.75) is 51.0 Å². The first-order valence-electron chi connectivity index (χ1n) is 9.66. The second-order valence-electron chi connectivity index (χ2n) is 7.47. The van der Waals surface area contributed by atoms with Crippen LogP contribution in [-0.2, 0) is 11.4 Å². The zero-order chi connectivity index (χ0) is 18.6. The number of likely N-dealkylation sites (tertiary alicyclic amines) is 1. The van der Waals surface area contributed by atoms with Crippen LogP contribution in [0.25, 0.3) is 0 Å². The average molecular weight is 373 g/mol. The molecule has 4 rings (SSSR count). The highest BCUT2D eigenvalue weighted by Gasteiger charge is 2.31. The Morgan fingerprint density at radius 3 is 2.78 bits per heavy atom. The number of ether oxygens (including phenoxy) is 1. The number of hydrogen-bond acceptors (Lipinski definition) is 5. The van der Waals surface area contributed by atoms with Crippen molar-refractivity contribution in [1.82, 2.24) is 15.0 Å². The first kappa shape index (κ1) is 17.9. The van der Waals surface area contributed by atoms with Gasteiger partial charge in [0.1, 0.15) is 11.6 Å². The number of carbonyl (C=O) groups excluding carboxylic acids is 1. The molecule has 27 heavy (non-hydrogen) atoms. The molecule has 1 aliphatic heterocycles. The molecule has 144 valence electrons. The molecule has 1 saturated heterocycles. The van der Waals surface area contributed by atoms with Gasteiger partial charge in [-0.2, -0.15) is 4.98 Å². The fourth-order valence-electron chi connectivity index (χ4n) is 3.96. The molecule has 0 radical (unpaired) electrons. The molecule has 2 fully saturated rings. The second kappa shape index (κ2) is 8.06. The first-order valence-corrected chi connectivity index (χ1v) is 9.66. The molecule has 2 aliphatic rings. The van der Waals surface area contributed by atoms with Crippen LogP contribution in [-0.4, -0.2) is 34.0 Å². The average Bonchev–Trinajstić information content (AvgIpc) is 3.42. The molecule has 0 spiro atoms. The Morgan fingerprint density at radius 2 is 2.00 bits per heavy atom. The van der Waals surface area contributed by atoms with E-state index in [1.807, 2.05) is 4.90 Å². The highest BCUT2D eigenvalue weighted by molar-refractivity contribution is 5.76. The lowest BCUT2D eigenvalue weighted by molar-refractivity contribution is -0.131. The van der Waals surface area contributed by atoms with E-state index in [0.29, 0.717) is 36.3 Å². The van der Waals surface area contributed by atoms with Gasteiger partial charge in [-0.25, -0.2) is 4.39 Å². The van der Waals surface area contributed by atoms with E-state index in [4.69, 9.17) is 9.26 Å². The van der Waals surface area contributed by atoms with Crippen LogP contribution in [0.3, 0.4) is 0 Å². The van der Waals surface area contributed by atoms with Crippen LogP contribution >= 0.6 is 0 Å². The highest BCUT2D eigenvalue weighted by Crippen LogP contribution is 2.30. The number of carbonyl (C=O) groups is 1. The van der Waals surface area contributed by atoms with Crippen molar-refractivity contribution in [3.63, 3.8) is 0 Å². The van der Waals surface area contributed by atoms with Crippen LogP contribution in [0.2, 0.25) is 0 Å². The van der Waals surface area contributed by atoms with Crippen molar-refractivity contribution >= 4 is 5.91 Å². The highest BCUT2D eigenvalue weighted by atomic mass is 19.1. The number of halogens is 1. The van der Waals surface area contributed by atoms with Crippen LogP contribution < -0.4 is 4.74 Å². The summed E-state index contributed by atoms with van der Waals surface area (Å²) in [5, 5.41) is 4.06. The molecule has 0 N–H and O–H groups in total. The normalized spacial score (nSPS) is 20.3. The molecule has 1 amide bonds. The molecular weight excluding hydrogens is 349 g/mol. The van der Waals surface area contributed by atoms with E-state index in [9.17, 15) is 9.18 Å². The maximum absolute atomic E-state index is 12.9. The second-order valence-corrected chi connectivity index (χ2v) is 7.47. The maximum atomic E-state index is 12.9. The lowest BCUT2D eigenvalue weighted by atomic mass is 10.0. The largest absolute Gasteiger partial charge is 0.484 e. The number of benzene rings is 1. The van der Waals surface area contributed by atoms with E-state index in [-0.39, 0.29) is 24.2 Å². The Hall–Kier alpha value is -2.44. The molecule has 1 aliphatic carbocycles. The third kappa shape index (κ3) is 4.46. The van der Waals surface area contributed by atoms with Gasteiger partial charge in [0.2, 0.25) is 5.91 Å². The van der Waals surface area contributed by atoms with E-state index in [2.05, 4.69) is 10.1 Å². The minimum absolute atomic E-state index is 0.112. The van der Waals surface area contributed by atoms with Crippen LogP contribution in [0.15, 0.2) is 28.8 Å². The molecule has 1 atom stereocenters. The summed E-state index contributed by atoms with van der Waals surface area (Å²) in [5.41, 5.74) is 0. The van der Waals surface area contributed by atoms with Crippen LogP contribution in [0.5, 0.6) is 5.75 Å². The quantitative estimate of drug-likeness (QED) is 0.773. The van der Waals surface area contributed by atoms with Gasteiger partial charge in [-0.05, 0) is 49.4 Å². The van der Waals surface area contributed by atoms with Gasteiger partial charge in [0.25, 0.3) is 5.89 Å². The van der Waals surface area contributed by atoms with Crippen molar-refractivity contribution in [2.24, 2.45) is 5.92 Å². The lowest BCUT2D eigenvalue weighted by Crippen LogP contribution is -2.29. The Bertz CT molecular complexity index is 771. The van der Waals surface area contributed by atoms with E-state index in [1.54, 1.807) is 12.1 Å². The predicted octanol–water partition coefficient (Wildman–Crippen LogP) is 3.68. The molecule has 7 heteroatoms. The molecule has 1 aromatic carbocycles. The zero-order valence-electron chi connectivity index (χ0n) is 15.3. The smallest absolute Gasteiger partial charge is 0.264 e. The molecule has 2 heterocycles. The van der Waals surface area contributed by atoms with Crippen molar-refractivity contribution in [3.05, 3.63) is 41.8 Å². The fraction of sp³-hybridized carbons (Fsp3) is 0.550. The predicted molar refractivity (Wildman–Crippen MR) is 95.5 cm³/mol. The van der Waals surface area contributed by atoms with Gasteiger partial charge in [-0.15, -0.1) is 0 Å². The summed E-state index contributed by atoms with van der Waals surface area (Å²) < 4.78 is 23.7. The Kier molecular flexibility index (Phi) is 5.36. The van der Waals surface area contributed by atoms with Crippen molar-refractivity contribution in [1.29, 1.82) is 0 Å². The standard InChI is InChI=1S/C20H24FN3O3/c21-16-5-7-17(8-6-16)26-13-18-22-20(23-27-18)15-9-10-24(12-15)19(25)11-14-3-1-2-4-14/h5-8,14-15H,1-4,9-13H2. The molecule has 1 unspecified atom stereocenters. The Labute approximate surface area is 157 Å². The molecule has 2 aromatic rings. The summed E-state index contributed by atoms with van der Waals surface area (Å²) in [5.74, 6) is 2.18. The fourth-order valence-corrected chi connectivity index (χ4v) is 3.96. The van der Waals surface area contributed by atoms with Gasteiger partial charge in [-0.3, -0.25) is 4.79 Å². The van der Waals surface area contributed by atoms with Crippen molar-refractivity contribution in [3.8, 4) is 5.75 Å². The van der Waals surface area contributed by atoms with Crippen molar-refractivity contribution < 1.29 is 18.4 Å². The molecule has 6 nitrogen and oxygen atoms in total. The van der Waals surface area contributed by atoms with Gasteiger partial charge in [0.05, 0.1) is 0 Å². The monoisotopic (exact) mass is 373 g/mol. The molecule has 1 aromatic heterocycles. The third-order valence-corrected chi connectivity index (χ3v) is 5.50. The molecule has 1 saturated carbocycles. The first-order chi connectivity index (χ1) is 13.2. The van der Waals surface area contributed by atoms with Crippen LogP contribution in [0.4, 0.5) is 4.39 Å². The van der Waals surface area contributed by atoms with E-state index in [0.717, 1.165) is 13.0 Å². The Balaban J connectivity index is 1.28. The summed E-state index contributed by atoms with van der Waals surface area (Å²) in [4.78, 5) is 18.8. The van der Waals surface area contributed by atoms with Gasteiger partial charge in [-0.1, -0.05) is 18.0 Å². The summed E-state index contributed by atoms with van der Waals surface area (Å²) >= 11 is 0. The van der Waals surface area contributed by atoms with Crippen LogP contribution in [0.1, 0.15) is 56.2 Å². The zero-order valence-corrected chi connectivity index (χ0v) is 15.3. The summed E-state index contributed by atoms with van der Waals surface area (Å²) in [6.45, 7) is 1.55. The van der Waals surface area contributed by atoms with E-state index >= 15 is 0 Å². The molecule has 0 bridgehead atoms.